The lowest BCUT2D eigenvalue weighted by Crippen LogP contribution is -2.35. The number of carboxylic acids is 1. The van der Waals surface area contributed by atoms with Crippen molar-refractivity contribution in [3.05, 3.63) is 24.3 Å². The maximum atomic E-state index is 10.7. The van der Waals surface area contributed by atoms with Gasteiger partial charge in [0.2, 0.25) is 0 Å². The first-order valence-corrected chi connectivity index (χ1v) is 4.33. The molecule has 0 amide bonds. The number of nitrogens with zero attached hydrogens (tertiary/aromatic N) is 1. The molecule has 14 heavy (non-hydrogen) atoms. The number of carbonyl (C=O) groups is 1. The maximum Gasteiger partial charge on any atom is 0.326 e. The summed E-state index contributed by atoms with van der Waals surface area (Å²) in [5.41, 5.74) is 7.04. The number of benzene rings is 1. The fourth-order valence-electron chi connectivity index (χ4n) is 1.10. The van der Waals surface area contributed by atoms with Gasteiger partial charge in [0.25, 0.3) is 0 Å². The van der Waals surface area contributed by atoms with Crippen LogP contribution in [0.5, 0.6) is 0 Å². The van der Waals surface area contributed by atoms with Gasteiger partial charge in [-0.2, -0.15) is 0 Å². The first kappa shape index (κ1) is 10.4. The molecule has 76 valence electrons. The quantitative estimate of drug-likeness (QED) is 0.709. The fourth-order valence-corrected chi connectivity index (χ4v) is 1.10. The van der Waals surface area contributed by atoms with Gasteiger partial charge in [-0.1, -0.05) is 0 Å². The van der Waals surface area contributed by atoms with Crippen molar-refractivity contribution in [3.8, 4) is 0 Å². The second kappa shape index (κ2) is 4.00. The van der Waals surface area contributed by atoms with Gasteiger partial charge in [-0.05, 0) is 31.2 Å². The van der Waals surface area contributed by atoms with Crippen LogP contribution in [0, 0.1) is 0 Å². The van der Waals surface area contributed by atoms with Crippen LogP contribution in [0.25, 0.3) is 0 Å². The van der Waals surface area contributed by atoms with E-state index in [1.54, 1.807) is 43.1 Å². The molecule has 1 atom stereocenters. The molecule has 0 spiro atoms. The van der Waals surface area contributed by atoms with Crippen LogP contribution in [0.3, 0.4) is 0 Å². The molecular formula is C10H14N2O2. The van der Waals surface area contributed by atoms with Gasteiger partial charge in [0.1, 0.15) is 6.04 Å². The van der Waals surface area contributed by atoms with Gasteiger partial charge in [0.15, 0.2) is 0 Å². The molecule has 0 saturated heterocycles. The molecule has 0 saturated carbocycles. The number of nitrogen functional groups attached to an aromatic ring is 1. The Kier molecular flexibility index (Phi) is 2.96. The van der Waals surface area contributed by atoms with E-state index in [0.717, 1.165) is 5.69 Å². The van der Waals surface area contributed by atoms with Gasteiger partial charge in [-0.25, -0.2) is 4.79 Å². The van der Waals surface area contributed by atoms with Crippen molar-refractivity contribution in [2.75, 3.05) is 17.7 Å². The summed E-state index contributed by atoms with van der Waals surface area (Å²) < 4.78 is 0. The number of nitrogens with two attached hydrogens (primary N) is 1. The zero-order valence-electron chi connectivity index (χ0n) is 8.27. The molecule has 1 unspecified atom stereocenters. The lowest BCUT2D eigenvalue weighted by molar-refractivity contribution is -0.138. The smallest absolute Gasteiger partial charge is 0.326 e. The SMILES string of the molecule is CC(C(=O)O)N(C)c1ccc(N)cc1. The number of rotatable bonds is 3. The van der Waals surface area contributed by atoms with Gasteiger partial charge in [0, 0.05) is 18.4 Å². The summed E-state index contributed by atoms with van der Waals surface area (Å²) in [7, 11) is 1.74. The fraction of sp³-hybridized carbons (Fsp3) is 0.300. The van der Waals surface area contributed by atoms with Crippen molar-refractivity contribution in [1.82, 2.24) is 0 Å². The lowest BCUT2D eigenvalue weighted by atomic mass is 10.2. The largest absolute Gasteiger partial charge is 0.480 e. The Balaban J connectivity index is 2.84. The first-order chi connectivity index (χ1) is 6.52. The van der Waals surface area contributed by atoms with Crippen molar-refractivity contribution in [2.24, 2.45) is 0 Å². The van der Waals surface area contributed by atoms with Crippen molar-refractivity contribution in [2.45, 2.75) is 13.0 Å². The zero-order chi connectivity index (χ0) is 10.7. The number of hydrogen-bond donors (Lipinski definition) is 2. The topological polar surface area (TPSA) is 66.6 Å². The minimum absolute atomic E-state index is 0.543. The van der Waals surface area contributed by atoms with Crippen molar-refractivity contribution in [3.63, 3.8) is 0 Å². The summed E-state index contributed by atoms with van der Waals surface area (Å²) in [5, 5.41) is 8.80. The molecule has 3 N–H and O–H groups in total. The highest BCUT2D eigenvalue weighted by Crippen LogP contribution is 2.16. The van der Waals surface area contributed by atoms with Crippen LogP contribution in [0.4, 0.5) is 11.4 Å². The molecule has 4 heteroatoms. The Morgan fingerprint density at radius 2 is 1.93 bits per heavy atom. The standard InChI is InChI=1S/C10H14N2O2/c1-7(10(13)14)12(2)9-5-3-8(11)4-6-9/h3-7H,11H2,1-2H3,(H,13,14). The Morgan fingerprint density at radius 1 is 1.43 bits per heavy atom. The van der Waals surface area contributed by atoms with Gasteiger partial charge in [-0.15, -0.1) is 0 Å². The summed E-state index contributed by atoms with van der Waals surface area (Å²) in [6.45, 7) is 1.64. The monoisotopic (exact) mass is 194 g/mol. The third kappa shape index (κ3) is 2.16. The van der Waals surface area contributed by atoms with Crippen LogP contribution >= 0.6 is 0 Å². The minimum Gasteiger partial charge on any atom is -0.480 e. The molecule has 0 aliphatic rings. The molecule has 4 nitrogen and oxygen atoms in total. The van der Waals surface area contributed by atoms with E-state index < -0.39 is 12.0 Å². The van der Waals surface area contributed by atoms with Gasteiger partial charge in [-0.3, -0.25) is 0 Å². The number of aliphatic carboxylic acids is 1. The maximum absolute atomic E-state index is 10.7. The normalized spacial score (nSPS) is 12.1. The molecule has 0 fully saturated rings. The Labute approximate surface area is 82.9 Å². The van der Waals surface area contributed by atoms with E-state index in [0.29, 0.717) is 5.69 Å². The van der Waals surface area contributed by atoms with Crippen molar-refractivity contribution in [1.29, 1.82) is 0 Å². The van der Waals surface area contributed by atoms with E-state index in [4.69, 9.17) is 10.8 Å². The molecule has 1 rings (SSSR count). The van der Waals surface area contributed by atoms with Gasteiger partial charge >= 0.3 is 5.97 Å². The van der Waals surface area contributed by atoms with Crippen LogP contribution in [0.1, 0.15) is 6.92 Å². The van der Waals surface area contributed by atoms with Crippen molar-refractivity contribution < 1.29 is 9.90 Å². The molecule has 0 bridgehead atoms. The second-order valence-electron chi connectivity index (χ2n) is 3.22. The highest BCUT2D eigenvalue weighted by Gasteiger charge is 2.16. The zero-order valence-corrected chi connectivity index (χ0v) is 8.27. The van der Waals surface area contributed by atoms with Crippen LogP contribution in [-0.2, 0) is 4.79 Å². The van der Waals surface area contributed by atoms with E-state index in [2.05, 4.69) is 0 Å². The van der Waals surface area contributed by atoms with E-state index in [-0.39, 0.29) is 0 Å². The summed E-state index contributed by atoms with van der Waals surface area (Å²) in [6.07, 6.45) is 0. The van der Waals surface area contributed by atoms with Crippen LogP contribution in [-0.4, -0.2) is 24.2 Å². The molecule has 0 heterocycles. The predicted molar refractivity (Wildman–Crippen MR) is 56.4 cm³/mol. The average molecular weight is 194 g/mol. The Morgan fingerprint density at radius 3 is 2.36 bits per heavy atom. The summed E-state index contributed by atoms with van der Waals surface area (Å²) in [6, 6.07) is 6.56. The molecule has 0 aliphatic carbocycles. The molecule has 0 aliphatic heterocycles. The van der Waals surface area contributed by atoms with Gasteiger partial charge in [0.05, 0.1) is 0 Å². The second-order valence-corrected chi connectivity index (χ2v) is 3.22. The number of likely N-dealkylation sites (N-methyl/N-ethyl adjacent to an activating group) is 1. The number of anilines is 2. The highest BCUT2D eigenvalue weighted by atomic mass is 16.4. The number of hydrogen-bond acceptors (Lipinski definition) is 3. The molecule has 1 aromatic carbocycles. The molecule has 0 radical (unpaired) electrons. The summed E-state index contributed by atoms with van der Waals surface area (Å²) >= 11 is 0. The van der Waals surface area contributed by atoms with Crippen LogP contribution in [0.2, 0.25) is 0 Å². The third-order valence-electron chi connectivity index (χ3n) is 2.24. The van der Waals surface area contributed by atoms with E-state index in [1.807, 2.05) is 0 Å². The van der Waals surface area contributed by atoms with Gasteiger partial charge < -0.3 is 15.7 Å². The predicted octanol–water partition coefficient (Wildman–Crippen LogP) is 1.18. The van der Waals surface area contributed by atoms with Crippen LogP contribution < -0.4 is 10.6 Å². The molecular weight excluding hydrogens is 180 g/mol. The third-order valence-corrected chi connectivity index (χ3v) is 2.24. The highest BCUT2D eigenvalue weighted by molar-refractivity contribution is 5.77. The summed E-state index contributed by atoms with van der Waals surface area (Å²) in [5.74, 6) is -0.843. The lowest BCUT2D eigenvalue weighted by Gasteiger charge is -2.23. The minimum atomic E-state index is -0.843. The average Bonchev–Trinajstić information content (AvgIpc) is 2.16. The Hall–Kier alpha value is -1.71. The summed E-state index contributed by atoms with van der Waals surface area (Å²) in [4.78, 5) is 12.4. The Bertz CT molecular complexity index is 321. The van der Waals surface area contributed by atoms with Crippen LogP contribution in [0.15, 0.2) is 24.3 Å². The van der Waals surface area contributed by atoms with E-state index >= 15 is 0 Å². The molecule has 0 aromatic heterocycles. The van der Waals surface area contributed by atoms with Crippen molar-refractivity contribution >= 4 is 17.3 Å². The number of carboxylic acid groups (broad SMARTS) is 1. The first-order valence-electron chi connectivity index (χ1n) is 4.33. The molecule has 1 aromatic rings. The van der Waals surface area contributed by atoms with E-state index in [9.17, 15) is 4.79 Å². The van der Waals surface area contributed by atoms with E-state index in [1.165, 1.54) is 0 Å².